The van der Waals surface area contributed by atoms with Crippen LogP contribution in [0.3, 0.4) is 0 Å². The van der Waals surface area contributed by atoms with E-state index in [2.05, 4.69) is 9.97 Å². The highest BCUT2D eigenvalue weighted by atomic mass is 35.5. The second-order valence-corrected chi connectivity index (χ2v) is 7.43. The number of benzene rings is 2. The van der Waals surface area contributed by atoms with Crippen LogP contribution in [0.4, 0.5) is 10.3 Å². The molecule has 4 aromatic rings. The van der Waals surface area contributed by atoms with Gasteiger partial charge in [-0.05, 0) is 42.0 Å². The number of amides is 1. The molecule has 0 saturated carbocycles. The van der Waals surface area contributed by atoms with Crippen LogP contribution in [0.15, 0.2) is 64.1 Å². The van der Waals surface area contributed by atoms with Crippen LogP contribution in [0.1, 0.15) is 27.7 Å². The summed E-state index contributed by atoms with van der Waals surface area (Å²) in [4.78, 5) is 36.2. The van der Waals surface area contributed by atoms with Gasteiger partial charge in [0.05, 0.1) is 27.0 Å². The van der Waals surface area contributed by atoms with Gasteiger partial charge in [-0.25, -0.2) is 14.4 Å². The van der Waals surface area contributed by atoms with Gasteiger partial charge in [0.15, 0.2) is 5.43 Å². The predicted molar refractivity (Wildman–Crippen MR) is 110 cm³/mol. The van der Waals surface area contributed by atoms with Crippen molar-refractivity contribution in [2.45, 2.75) is 6.04 Å². The molecule has 2 aromatic heterocycles. The zero-order chi connectivity index (χ0) is 21.0. The minimum Gasteiger partial charge on any atom is -0.450 e. The van der Waals surface area contributed by atoms with Gasteiger partial charge in [0.2, 0.25) is 11.7 Å². The zero-order valence-electron chi connectivity index (χ0n) is 15.0. The third-order valence-electron chi connectivity index (χ3n) is 4.86. The monoisotopic (exact) mass is 441 g/mol. The summed E-state index contributed by atoms with van der Waals surface area (Å²) in [5.41, 5.74) is 0.154. The van der Waals surface area contributed by atoms with Crippen molar-refractivity contribution >= 4 is 46.0 Å². The molecule has 0 radical (unpaired) electrons. The number of anilines is 1. The Morgan fingerprint density at radius 3 is 2.50 bits per heavy atom. The number of carbonyl (C=O) groups excluding carboxylic acids is 1. The van der Waals surface area contributed by atoms with E-state index in [0.717, 1.165) is 12.1 Å². The number of carbonyl (C=O) groups is 1. The molecule has 9 heteroatoms. The van der Waals surface area contributed by atoms with E-state index in [4.69, 9.17) is 27.6 Å². The van der Waals surface area contributed by atoms with Gasteiger partial charge >= 0.3 is 0 Å². The van der Waals surface area contributed by atoms with Gasteiger partial charge < -0.3 is 4.42 Å². The summed E-state index contributed by atoms with van der Waals surface area (Å²) in [6.45, 7) is 0. The smallest absolute Gasteiger partial charge is 0.297 e. The molecule has 1 aliphatic heterocycles. The molecular formula is C21H10Cl2FN3O3. The van der Waals surface area contributed by atoms with Gasteiger partial charge in [-0.3, -0.25) is 14.5 Å². The number of fused-ring (bicyclic) bond motifs is 2. The first-order valence-corrected chi connectivity index (χ1v) is 9.53. The number of hydrogen-bond acceptors (Lipinski definition) is 5. The summed E-state index contributed by atoms with van der Waals surface area (Å²) in [5, 5.41) is 0.600. The van der Waals surface area contributed by atoms with Crippen molar-refractivity contribution in [3.63, 3.8) is 0 Å². The summed E-state index contributed by atoms with van der Waals surface area (Å²) >= 11 is 12.2. The standard InChI is InChI=1S/C21H10Cl2FN3O3/c22-13-4-2-10(8-14(13)23)17-16-18(28)12-9-11(24)3-5-15(12)30-19(16)20(29)27(17)21-25-6-1-7-26-21/h1-9,17H. The first-order valence-electron chi connectivity index (χ1n) is 8.77. The van der Waals surface area contributed by atoms with E-state index in [-0.39, 0.29) is 33.3 Å². The summed E-state index contributed by atoms with van der Waals surface area (Å²) < 4.78 is 19.5. The van der Waals surface area contributed by atoms with Crippen LogP contribution in [-0.4, -0.2) is 15.9 Å². The highest BCUT2D eigenvalue weighted by Crippen LogP contribution is 2.41. The van der Waals surface area contributed by atoms with Gasteiger partial charge in [-0.2, -0.15) is 0 Å². The molecule has 0 saturated heterocycles. The van der Waals surface area contributed by atoms with Gasteiger partial charge in [-0.1, -0.05) is 29.3 Å². The number of rotatable bonds is 2. The van der Waals surface area contributed by atoms with Crippen LogP contribution in [0.2, 0.25) is 10.0 Å². The Hall–Kier alpha value is -3.29. The van der Waals surface area contributed by atoms with E-state index in [1.54, 1.807) is 24.3 Å². The largest absolute Gasteiger partial charge is 0.450 e. The molecule has 0 spiro atoms. The average molecular weight is 442 g/mol. The lowest BCUT2D eigenvalue weighted by Crippen LogP contribution is -2.31. The Kier molecular flexibility index (Phi) is 4.30. The van der Waals surface area contributed by atoms with Crippen LogP contribution >= 0.6 is 23.2 Å². The first-order chi connectivity index (χ1) is 14.5. The minimum absolute atomic E-state index is 0.0300. The quantitative estimate of drug-likeness (QED) is 0.447. The van der Waals surface area contributed by atoms with E-state index >= 15 is 0 Å². The topological polar surface area (TPSA) is 76.3 Å². The van der Waals surface area contributed by atoms with Crippen molar-refractivity contribution in [2.24, 2.45) is 0 Å². The Bertz CT molecular complexity index is 1390. The van der Waals surface area contributed by atoms with Crippen molar-refractivity contribution in [1.82, 2.24) is 9.97 Å². The molecule has 1 unspecified atom stereocenters. The third kappa shape index (κ3) is 2.78. The number of halogens is 3. The van der Waals surface area contributed by atoms with Gasteiger partial charge in [0, 0.05) is 12.4 Å². The number of hydrogen-bond donors (Lipinski definition) is 0. The second kappa shape index (κ2) is 6.90. The third-order valence-corrected chi connectivity index (χ3v) is 5.60. The van der Waals surface area contributed by atoms with Crippen LogP contribution < -0.4 is 10.3 Å². The normalized spacial score (nSPS) is 15.6. The van der Waals surface area contributed by atoms with Crippen LogP contribution in [0, 0.1) is 5.82 Å². The second-order valence-electron chi connectivity index (χ2n) is 6.61. The maximum Gasteiger partial charge on any atom is 0.297 e. The van der Waals surface area contributed by atoms with E-state index < -0.39 is 23.2 Å². The highest BCUT2D eigenvalue weighted by molar-refractivity contribution is 6.42. The maximum absolute atomic E-state index is 13.8. The van der Waals surface area contributed by atoms with Crippen molar-refractivity contribution in [1.29, 1.82) is 0 Å². The summed E-state index contributed by atoms with van der Waals surface area (Å²) in [5.74, 6) is -1.24. The van der Waals surface area contributed by atoms with Crippen LogP contribution in [0.25, 0.3) is 11.0 Å². The number of nitrogens with zero attached hydrogens (tertiary/aromatic N) is 3. The molecule has 0 bridgehead atoms. The Morgan fingerprint density at radius 1 is 1.00 bits per heavy atom. The molecule has 1 aliphatic rings. The van der Waals surface area contributed by atoms with E-state index in [1.807, 2.05) is 0 Å². The van der Waals surface area contributed by atoms with Gasteiger partial charge in [0.1, 0.15) is 11.4 Å². The van der Waals surface area contributed by atoms with Crippen LogP contribution in [0.5, 0.6) is 0 Å². The molecule has 3 heterocycles. The lowest BCUT2D eigenvalue weighted by Gasteiger charge is -2.23. The van der Waals surface area contributed by atoms with Crippen molar-refractivity contribution < 1.29 is 13.6 Å². The number of aromatic nitrogens is 2. The Balaban J connectivity index is 1.84. The average Bonchev–Trinajstić information content (AvgIpc) is 3.04. The molecule has 0 N–H and O–H groups in total. The predicted octanol–water partition coefficient (Wildman–Crippen LogP) is 4.78. The van der Waals surface area contributed by atoms with Gasteiger partial charge in [-0.15, -0.1) is 0 Å². The molecule has 0 fully saturated rings. The SMILES string of the molecule is O=C1c2oc3ccc(F)cc3c(=O)c2C(c2ccc(Cl)c(Cl)c2)N1c1ncccn1. The fraction of sp³-hybridized carbons (Fsp3) is 0.0476. The molecule has 148 valence electrons. The maximum atomic E-state index is 13.8. The highest BCUT2D eigenvalue weighted by Gasteiger charge is 2.45. The lowest BCUT2D eigenvalue weighted by atomic mass is 9.98. The molecule has 0 aliphatic carbocycles. The molecule has 6 nitrogen and oxygen atoms in total. The van der Waals surface area contributed by atoms with E-state index in [9.17, 15) is 14.0 Å². The molecule has 2 aromatic carbocycles. The molecule has 1 amide bonds. The zero-order valence-corrected chi connectivity index (χ0v) is 16.5. The first kappa shape index (κ1) is 18.7. The molecular weight excluding hydrogens is 432 g/mol. The van der Waals surface area contributed by atoms with Crippen molar-refractivity contribution in [3.8, 4) is 0 Å². The summed E-state index contributed by atoms with van der Waals surface area (Å²) in [6.07, 6.45) is 2.96. The Morgan fingerprint density at radius 2 is 1.77 bits per heavy atom. The Labute approximate surface area is 178 Å². The fourth-order valence-electron chi connectivity index (χ4n) is 3.56. The molecule has 1 atom stereocenters. The van der Waals surface area contributed by atoms with Crippen molar-refractivity contribution in [3.05, 3.63) is 97.8 Å². The van der Waals surface area contributed by atoms with E-state index in [1.165, 1.54) is 23.4 Å². The summed E-state index contributed by atoms with van der Waals surface area (Å²) in [6, 6.07) is 9.00. The van der Waals surface area contributed by atoms with E-state index in [0.29, 0.717) is 10.6 Å². The van der Waals surface area contributed by atoms with Gasteiger partial charge in [0.25, 0.3) is 5.91 Å². The van der Waals surface area contributed by atoms with Crippen LogP contribution in [-0.2, 0) is 0 Å². The summed E-state index contributed by atoms with van der Waals surface area (Å²) in [7, 11) is 0. The lowest BCUT2D eigenvalue weighted by molar-refractivity contribution is 0.0969. The fourth-order valence-corrected chi connectivity index (χ4v) is 3.87. The molecule has 30 heavy (non-hydrogen) atoms. The van der Waals surface area contributed by atoms with Crippen molar-refractivity contribution in [2.75, 3.05) is 4.90 Å². The minimum atomic E-state index is -0.923. The molecule has 5 rings (SSSR count).